The van der Waals surface area contributed by atoms with E-state index in [2.05, 4.69) is 5.32 Å². The van der Waals surface area contributed by atoms with Crippen molar-refractivity contribution in [1.82, 2.24) is 5.32 Å². The van der Waals surface area contributed by atoms with Crippen molar-refractivity contribution in [2.45, 2.75) is 26.3 Å². The molecule has 1 heterocycles. The predicted octanol–water partition coefficient (Wildman–Crippen LogP) is 1.57. The SMILES string of the molecule is COc1cc(C)cc(C)c1C1NC(=O)CC1C(=O)O. The fourth-order valence-electron chi connectivity index (χ4n) is 2.66. The highest BCUT2D eigenvalue weighted by molar-refractivity contribution is 5.87. The molecule has 19 heavy (non-hydrogen) atoms. The van der Waals surface area contributed by atoms with Gasteiger partial charge in [-0.25, -0.2) is 0 Å². The third kappa shape index (κ3) is 2.41. The van der Waals surface area contributed by atoms with E-state index >= 15 is 0 Å². The first-order valence-electron chi connectivity index (χ1n) is 6.11. The van der Waals surface area contributed by atoms with Crippen molar-refractivity contribution >= 4 is 11.9 Å². The Morgan fingerprint density at radius 2 is 2.11 bits per heavy atom. The monoisotopic (exact) mass is 263 g/mol. The maximum absolute atomic E-state index is 11.5. The van der Waals surface area contributed by atoms with E-state index in [-0.39, 0.29) is 12.3 Å². The van der Waals surface area contributed by atoms with Crippen LogP contribution in [0.15, 0.2) is 12.1 Å². The van der Waals surface area contributed by atoms with Crippen molar-refractivity contribution in [3.63, 3.8) is 0 Å². The Morgan fingerprint density at radius 3 is 2.68 bits per heavy atom. The summed E-state index contributed by atoms with van der Waals surface area (Å²) in [5.41, 5.74) is 2.72. The average molecular weight is 263 g/mol. The lowest BCUT2D eigenvalue weighted by atomic mass is 9.90. The second-order valence-electron chi connectivity index (χ2n) is 4.89. The summed E-state index contributed by atoms with van der Waals surface area (Å²) in [5, 5.41) is 12.0. The summed E-state index contributed by atoms with van der Waals surface area (Å²) in [6.07, 6.45) is 0.0104. The minimum Gasteiger partial charge on any atom is -0.496 e. The van der Waals surface area contributed by atoms with Gasteiger partial charge in [-0.05, 0) is 31.0 Å². The molecule has 2 atom stereocenters. The van der Waals surface area contributed by atoms with Gasteiger partial charge in [0.15, 0.2) is 0 Å². The number of aryl methyl sites for hydroxylation is 2. The van der Waals surface area contributed by atoms with E-state index in [0.717, 1.165) is 16.7 Å². The molecule has 0 bridgehead atoms. The van der Waals surface area contributed by atoms with Gasteiger partial charge in [-0.3, -0.25) is 9.59 Å². The quantitative estimate of drug-likeness (QED) is 0.868. The molecule has 5 heteroatoms. The smallest absolute Gasteiger partial charge is 0.309 e. The van der Waals surface area contributed by atoms with Gasteiger partial charge in [0.2, 0.25) is 5.91 Å². The number of benzene rings is 1. The maximum Gasteiger partial charge on any atom is 0.309 e. The molecule has 1 saturated heterocycles. The van der Waals surface area contributed by atoms with Crippen LogP contribution in [0, 0.1) is 19.8 Å². The standard InChI is InChI=1S/C14H17NO4/c1-7-4-8(2)12(10(5-7)19-3)13-9(14(17)18)6-11(16)15-13/h4-5,9,13H,6H2,1-3H3,(H,15,16)(H,17,18). The summed E-state index contributed by atoms with van der Waals surface area (Å²) >= 11 is 0. The zero-order valence-corrected chi connectivity index (χ0v) is 11.2. The molecule has 0 saturated carbocycles. The zero-order valence-electron chi connectivity index (χ0n) is 11.2. The van der Waals surface area contributed by atoms with E-state index in [9.17, 15) is 14.7 Å². The van der Waals surface area contributed by atoms with Crippen molar-refractivity contribution in [2.24, 2.45) is 5.92 Å². The summed E-state index contributed by atoms with van der Waals surface area (Å²) < 4.78 is 5.34. The Balaban J connectivity index is 2.51. The molecular formula is C14H17NO4. The highest BCUT2D eigenvalue weighted by Gasteiger charge is 2.40. The molecule has 0 aromatic heterocycles. The van der Waals surface area contributed by atoms with Crippen LogP contribution in [0.1, 0.15) is 29.2 Å². The van der Waals surface area contributed by atoms with Gasteiger partial charge in [-0.15, -0.1) is 0 Å². The van der Waals surface area contributed by atoms with E-state index in [1.807, 2.05) is 26.0 Å². The minimum atomic E-state index is -0.967. The summed E-state index contributed by atoms with van der Waals surface area (Å²) in [4.78, 5) is 22.8. The molecular weight excluding hydrogens is 246 g/mol. The van der Waals surface area contributed by atoms with Crippen molar-refractivity contribution in [2.75, 3.05) is 7.11 Å². The van der Waals surface area contributed by atoms with Gasteiger partial charge in [-0.2, -0.15) is 0 Å². The molecule has 2 unspecified atom stereocenters. The molecule has 102 valence electrons. The number of hydrogen-bond acceptors (Lipinski definition) is 3. The molecule has 0 aliphatic carbocycles. The lowest BCUT2D eigenvalue weighted by molar-refractivity contribution is -0.142. The average Bonchev–Trinajstić information content (AvgIpc) is 2.70. The highest BCUT2D eigenvalue weighted by atomic mass is 16.5. The topological polar surface area (TPSA) is 75.6 Å². The van der Waals surface area contributed by atoms with Crippen LogP contribution in [0.25, 0.3) is 0 Å². The molecule has 1 aliphatic rings. The van der Waals surface area contributed by atoms with Crippen LogP contribution in [-0.4, -0.2) is 24.1 Å². The van der Waals surface area contributed by atoms with Crippen molar-refractivity contribution < 1.29 is 19.4 Å². The van der Waals surface area contributed by atoms with Crippen LogP contribution in [-0.2, 0) is 9.59 Å². The van der Waals surface area contributed by atoms with Crippen LogP contribution >= 0.6 is 0 Å². The Bertz CT molecular complexity index is 538. The molecule has 1 aromatic rings. The first-order valence-corrected chi connectivity index (χ1v) is 6.11. The maximum atomic E-state index is 11.5. The highest BCUT2D eigenvalue weighted by Crippen LogP contribution is 2.38. The van der Waals surface area contributed by atoms with Crippen LogP contribution in [0.5, 0.6) is 5.75 Å². The second-order valence-corrected chi connectivity index (χ2v) is 4.89. The normalized spacial score (nSPS) is 22.2. The van der Waals surface area contributed by atoms with E-state index in [1.165, 1.54) is 0 Å². The summed E-state index contributed by atoms with van der Waals surface area (Å²) in [5.74, 6) is -1.33. The van der Waals surface area contributed by atoms with Gasteiger partial charge in [0.1, 0.15) is 5.75 Å². The number of rotatable bonds is 3. The van der Waals surface area contributed by atoms with Gasteiger partial charge in [0.05, 0.1) is 19.1 Å². The van der Waals surface area contributed by atoms with Crippen LogP contribution in [0.4, 0.5) is 0 Å². The molecule has 1 amide bonds. The number of amides is 1. The largest absolute Gasteiger partial charge is 0.496 e. The number of carbonyl (C=O) groups excluding carboxylic acids is 1. The molecule has 2 rings (SSSR count). The Morgan fingerprint density at radius 1 is 1.42 bits per heavy atom. The summed E-state index contributed by atoms with van der Waals surface area (Å²) in [6, 6.07) is 3.29. The summed E-state index contributed by atoms with van der Waals surface area (Å²) in [7, 11) is 1.55. The Labute approximate surface area is 111 Å². The van der Waals surface area contributed by atoms with Gasteiger partial charge < -0.3 is 15.2 Å². The summed E-state index contributed by atoms with van der Waals surface area (Å²) in [6.45, 7) is 3.84. The van der Waals surface area contributed by atoms with E-state index in [1.54, 1.807) is 7.11 Å². The van der Waals surface area contributed by atoms with Crippen LogP contribution < -0.4 is 10.1 Å². The van der Waals surface area contributed by atoms with E-state index in [0.29, 0.717) is 5.75 Å². The third-order valence-electron chi connectivity index (χ3n) is 3.47. The number of carboxylic acid groups (broad SMARTS) is 1. The third-order valence-corrected chi connectivity index (χ3v) is 3.47. The van der Waals surface area contributed by atoms with Crippen LogP contribution in [0.2, 0.25) is 0 Å². The van der Waals surface area contributed by atoms with Gasteiger partial charge in [0.25, 0.3) is 0 Å². The predicted molar refractivity (Wildman–Crippen MR) is 69.1 cm³/mol. The number of aliphatic carboxylic acids is 1. The van der Waals surface area contributed by atoms with Gasteiger partial charge in [0, 0.05) is 12.0 Å². The number of carbonyl (C=O) groups is 2. The van der Waals surface area contributed by atoms with Crippen molar-refractivity contribution in [1.29, 1.82) is 0 Å². The number of methoxy groups -OCH3 is 1. The van der Waals surface area contributed by atoms with E-state index < -0.39 is 17.9 Å². The van der Waals surface area contributed by atoms with Crippen molar-refractivity contribution in [3.05, 3.63) is 28.8 Å². The zero-order chi connectivity index (χ0) is 14.2. The lowest BCUT2D eigenvalue weighted by Gasteiger charge is -2.21. The number of nitrogens with one attached hydrogen (secondary N) is 1. The molecule has 1 aliphatic heterocycles. The molecule has 0 spiro atoms. The van der Waals surface area contributed by atoms with Crippen LogP contribution in [0.3, 0.4) is 0 Å². The van der Waals surface area contributed by atoms with Gasteiger partial charge in [-0.1, -0.05) is 6.07 Å². The Kier molecular flexibility index (Phi) is 3.46. The first kappa shape index (κ1) is 13.4. The lowest BCUT2D eigenvalue weighted by Crippen LogP contribution is -2.25. The van der Waals surface area contributed by atoms with E-state index in [4.69, 9.17) is 4.74 Å². The minimum absolute atomic E-state index is 0.0104. The molecule has 1 fully saturated rings. The molecule has 0 radical (unpaired) electrons. The van der Waals surface area contributed by atoms with Gasteiger partial charge >= 0.3 is 5.97 Å². The molecule has 2 N–H and O–H groups in total. The molecule has 5 nitrogen and oxygen atoms in total. The fourth-order valence-corrected chi connectivity index (χ4v) is 2.66. The fraction of sp³-hybridized carbons (Fsp3) is 0.429. The molecule has 1 aromatic carbocycles. The second kappa shape index (κ2) is 4.91. The van der Waals surface area contributed by atoms with Crippen molar-refractivity contribution in [3.8, 4) is 5.75 Å². The number of hydrogen-bond donors (Lipinski definition) is 2. The Hall–Kier alpha value is -2.04. The number of ether oxygens (including phenoxy) is 1. The number of carboxylic acids is 1. The first-order chi connectivity index (χ1) is 8.93.